The maximum atomic E-state index is 6.05. The number of benzene rings is 3. The predicted octanol–water partition coefficient (Wildman–Crippen LogP) is 6.79. The lowest BCUT2D eigenvalue weighted by atomic mass is 10.1. The third-order valence-electron chi connectivity index (χ3n) is 4.00. The summed E-state index contributed by atoms with van der Waals surface area (Å²) in [4.78, 5) is 0. The first-order valence-electron chi connectivity index (χ1n) is 6.83. The van der Waals surface area contributed by atoms with Crippen molar-refractivity contribution in [2.75, 3.05) is 0 Å². The molecule has 2 aromatic heterocycles. The average Bonchev–Trinajstić information content (AvgIpc) is 3.03. The Bertz CT molecular complexity index is 1100. The summed E-state index contributed by atoms with van der Waals surface area (Å²) in [6.45, 7) is 0. The van der Waals surface area contributed by atoms with Gasteiger partial charge in [0.15, 0.2) is 11.2 Å². The third kappa shape index (κ3) is 1.57. The third-order valence-corrected chi connectivity index (χ3v) is 4.47. The van der Waals surface area contributed by atoms with E-state index in [1.165, 1.54) is 0 Å². The maximum Gasteiger partial charge on any atom is 0.178 e. The molecule has 0 aliphatic carbocycles. The zero-order valence-electron chi connectivity index (χ0n) is 11.2. The highest BCUT2D eigenvalue weighted by Crippen LogP contribution is 2.39. The summed E-state index contributed by atoms with van der Waals surface area (Å²) in [7, 11) is 0. The second kappa shape index (κ2) is 4.19. The fourth-order valence-electron chi connectivity index (χ4n) is 3.02. The molecule has 0 aliphatic heterocycles. The topological polar surface area (TPSA) is 26.3 Å². The molecule has 106 valence electrons. The van der Waals surface area contributed by atoms with Crippen LogP contribution in [0.4, 0.5) is 0 Å². The first-order chi connectivity index (χ1) is 10.7. The summed E-state index contributed by atoms with van der Waals surface area (Å²) in [6, 6.07) is 15.4. The van der Waals surface area contributed by atoms with Crippen molar-refractivity contribution in [1.29, 1.82) is 0 Å². The van der Waals surface area contributed by atoms with Gasteiger partial charge >= 0.3 is 0 Å². The number of furan rings is 2. The van der Waals surface area contributed by atoms with Gasteiger partial charge in [0.2, 0.25) is 0 Å². The van der Waals surface area contributed by atoms with Crippen LogP contribution in [0.2, 0.25) is 10.0 Å². The molecule has 0 saturated carbocycles. The molecular formula is C18H8Cl2O2. The molecule has 2 heterocycles. The Labute approximate surface area is 134 Å². The van der Waals surface area contributed by atoms with Gasteiger partial charge in [0, 0.05) is 43.7 Å². The van der Waals surface area contributed by atoms with E-state index in [0.717, 1.165) is 43.9 Å². The van der Waals surface area contributed by atoms with Crippen LogP contribution in [0.25, 0.3) is 43.9 Å². The number of hydrogen-bond acceptors (Lipinski definition) is 2. The van der Waals surface area contributed by atoms with E-state index in [2.05, 4.69) is 12.1 Å². The molecule has 0 N–H and O–H groups in total. The standard InChI is InChI=1S/C18H8Cl2O2/c19-9-1-3-11-13-5-6-14-12-4-2-10(20)8-16(12)22-18(14)17(13)21-15(11)7-9/h1-8H. The van der Waals surface area contributed by atoms with Gasteiger partial charge in [-0.25, -0.2) is 0 Å². The van der Waals surface area contributed by atoms with Gasteiger partial charge in [-0.15, -0.1) is 0 Å². The van der Waals surface area contributed by atoms with Crippen molar-refractivity contribution in [3.63, 3.8) is 0 Å². The van der Waals surface area contributed by atoms with Gasteiger partial charge in [0.05, 0.1) is 0 Å². The SMILES string of the molecule is Clc1ccc2c(c1)oc1c2ccc2c3ccc(Cl)cc3oc21. The van der Waals surface area contributed by atoms with E-state index < -0.39 is 0 Å². The molecule has 22 heavy (non-hydrogen) atoms. The van der Waals surface area contributed by atoms with Crippen LogP contribution in [0, 0.1) is 0 Å². The highest BCUT2D eigenvalue weighted by atomic mass is 35.5. The molecule has 4 heteroatoms. The quantitative estimate of drug-likeness (QED) is 0.313. The van der Waals surface area contributed by atoms with Crippen LogP contribution in [-0.4, -0.2) is 0 Å². The Morgan fingerprint density at radius 2 is 0.955 bits per heavy atom. The van der Waals surface area contributed by atoms with Crippen LogP contribution in [0.5, 0.6) is 0 Å². The Hall–Kier alpha value is -2.16. The molecule has 0 saturated heterocycles. The zero-order chi connectivity index (χ0) is 14.8. The van der Waals surface area contributed by atoms with Crippen LogP contribution in [-0.2, 0) is 0 Å². The zero-order valence-corrected chi connectivity index (χ0v) is 12.7. The number of fused-ring (bicyclic) bond motifs is 7. The molecule has 5 aromatic rings. The minimum Gasteiger partial charge on any atom is -0.452 e. The fraction of sp³-hybridized carbons (Fsp3) is 0. The van der Waals surface area contributed by atoms with Gasteiger partial charge in [0.25, 0.3) is 0 Å². The molecule has 0 spiro atoms. The highest BCUT2D eigenvalue weighted by Gasteiger charge is 2.15. The lowest BCUT2D eigenvalue weighted by Gasteiger charge is -1.91. The van der Waals surface area contributed by atoms with E-state index in [-0.39, 0.29) is 0 Å². The molecule has 0 amide bonds. The molecule has 2 nitrogen and oxygen atoms in total. The summed E-state index contributed by atoms with van der Waals surface area (Å²) in [6.07, 6.45) is 0. The highest BCUT2D eigenvalue weighted by molar-refractivity contribution is 6.32. The summed E-state index contributed by atoms with van der Waals surface area (Å²) in [5, 5.41) is 5.39. The van der Waals surface area contributed by atoms with Gasteiger partial charge in [-0.05, 0) is 36.4 Å². The monoisotopic (exact) mass is 326 g/mol. The summed E-state index contributed by atoms with van der Waals surface area (Å²) in [5.41, 5.74) is 2.99. The smallest absolute Gasteiger partial charge is 0.178 e. The fourth-order valence-corrected chi connectivity index (χ4v) is 3.34. The van der Waals surface area contributed by atoms with Crippen molar-refractivity contribution in [2.24, 2.45) is 0 Å². The maximum absolute atomic E-state index is 6.05. The van der Waals surface area contributed by atoms with Crippen molar-refractivity contribution in [3.05, 3.63) is 58.6 Å². The second-order valence-electron chi connectivity index (χ2n) is 5.30. The van der Waals surface area contributed by atoms with Gasteiger partial charge in [-0.2, -0.15) is 0 Å². The Morgan fingerprint density at radius 3 is 1.41 bits per heavy atom. The molecular weight excluding hydrogens is 319 g/mol. The summed E-state index contributed by atoms with van der Waals surface area (Å²) in [5.74, 6) is 0. The van der Waals surface area contributed by atoms with Crippen LogP contribution in [0.1, 0.15) is 0 Å². The Kier molecular flexibility index (Phi) is 2.36. The second-order valence-corrected chi connectivity index (χ2v) is 6.18. The van der Waals surface area contributed by atoms with Gasteiger partial charge in [0.1, 0.15) is 11.2 Å². The minimum absolute atomic E-state index is 0.652. The van der Waals surface area contributed by atoms with Crippen LogP contribution in [0.3, 0.4) is 0 Å². The Balaban J connectivity index is 2.02. The largest absolute Gasteiger partial charge is 0.452 e. The van der Waals surface area contributed by atoms with Crippen LogP contribution < -0.4 is 0 Å². The number of rotatable bonds is 0. The lowest BCUT2D eigenvalue weighted by Crippen LogP contribution is -1.69. The van der Waals surface area contributed by atoms with Crippen LogP contribution in [0.15, 0.2) is 57.4 Å². The van der Waals surface area contributed by atoms with Crippen molar-refractivity contribution < 1.29 is 8.83 Å². The van der Waals surface area contributed by atoms with Crippen molar-refractivity contribution in [3.8, 4) is 0 Å². The van der Waals surface area contributed by atoms with Gasteiger partial charge < -0.3 is 8.83 Å². The molecule has 5 rings (SSSR count). The number of halogens is 2. The normalized spacial score (nSPS) is 12.1. The molecule has 0 aliphatic rings. The predicted molar refractivity (Wildman–Crippen MR) is 91.0 cm³/mol. The van der Waals surface area contributed by atoms with Crippen molar-refractivity contribution in [1.82, 2.24) is 0 Å². The average molecular weight is 327 g/mol. The van der Waals surface area contributed by atoms with Crippen molar-refractivity contribution >= 4 is 67.1 Å². The lowest BCUT2D eigenvalue weighted by molar-refractivity contribution is 0.633. The molecule has 0 fully saturated rings. The van der Waals surface area contributed by atoms with Gasteiger partial charge in [-0.3, -0.25) is 0 Å². The van der Waals surface area contributed by atoms with E-state index in [1.54, 1.807) is 0 Å². The Morgan fingerprint density at radius 1 is 0.545 bits per heavy atom. The number of hydrogen-bond donors (Lipinski definition) is 0. The van der Waals surface area contributed by atoms with E-state index in [4.69, 9.17) is 32.0 Å². The van der Waals surface area contributed by atoms with Gasteiger partial charge in [-0.1, -0.05) is 23.2 Å². The van der Waals surface area contributed by atoms with Crippen molar-refractivity contribution in [2.45, 2.75) is 0 Å². The van der Waals surface area contributed by atoms with E-state index in [9.17, 15) is 0 Å². The molecule has 0 bridgehead atoms. The first-order valence-corrected chi connectivity index (χ1v) is 7.59. The first kappa shape index (κ1) is 12.4. The van der Waals surface area contributed by atoms with E-state index >= 15 is 0 Å². The minimum atomic E-state index is 0.652. The van der Waals surface area contributed by atoms with Crippen LogP contribution >= 0.6 is 23.2 Å². The summed E-state index contributed by atoms with van der Waals surface area (Å²) < 4.78 is 12.0. The summed E-state index contributed by atoms with van der Waals surface area (Å²) >= 11 is 12.1. The molecule has 0 atom stereocenters. The molecule has 0 radical (unpaired) electrons. The van der Waals surface area contributed by atoms with E-state index in [0.29, 0.717) is 10.0 Å². The molecule has 3 aromatic carbocycles. The molecule has 0 unspecified atom stereocenters. The van der Waals surface area contributed by atoms with E-state index in [1.807, 2.05) is 36.4 Å².